The Morgan fingerprint density at radius 1 is 0.812 bits per heavy atom. The second-order valence-electron chi connectivity index (χ2n) is 5.19. The summed E-state index contributed by atoms with van der Waals surface area (Å²) in [4.78, 5) is 0. The first kappa shape index (κ1) is 16.2. The zero-order valence-electron chi connectivity index (χ0n) is 11.9. The van der Waals surface area contributed by atoms with Crippen molar-refractivity contribution in [2.45, 2.75) is 90.6 Å². The summed E-state index contributed by atoms with van der Waals surface area (Å²) in [5, 5.41) is 0. The molecule has 0 aliphatic rings. The van der Waals surface area contributed by atoms with Crippen LogP contribution in [0.4, 0.5) is 0 Å². The monoisotopic (exact) mass is 240 g/mol. The lowest BCUT2D eigenvalue weighted by atomic mass is 10.1. The molecule has 0 amide bonds. The van der Waals surface area contributed by atoms with E-state index in [0.717, 1.165) is 5.92 Å². The molecule has 96 valence electrons. The summed E-state index contributed by atoms with van der Waals surface area (Å²) in [6, 6.07) is 2.98. The summed E-state index contributed by atoms with van der Waals surface area (Å²) < 4.78 is 0. The van der Waals surface area contributed by atoms with Gasteiger partial charge in [-0.15, -0.1) is 0 Å². The third-order valence-corrected chi connectivity index (χ3v) is 5.09. The highest BCUT2D eigenvalue weighted by molar-refractivity contribution is 6.35. The van der Waals surface area contributed by atoms with Crippen LogP contribution in [0.25, 0.3) is 0 Å². The minimum absolute atomic E-state index is 0.965. The Kier molecular flexibility index (Phi) is 13.5. The molecule has 0 aromatic carbocycles. The minimum atomic E-state index is 0.965. The molecular formula is C15H32Si. The topological polar surface area (TPSA) is 0 Å². The maximum atomic E-state index is 2.39. The Bertz CT molecular complexity index is 123. The molecule has 0 rings (SSSR count). The fourth-order valence-electron chi connectivity index (χ4n) is 1.88. The molecule has 0 aromatic heterocycles. The van der Waals surface area contributed by atoms with E-state index in [4.69, 9.17) is 0 Å². The molecule has 0 aliphatic carbocycles. The number of rotatable bonds is 12. The van der Waals surface area contributed by atoms with Gasteiger partial charge in [0.15, 0.2) is 0 Å². The van der Waals surface area contributed by atoms with Crippen LogP contribution in [0.2, 0.25) is 12.1 Å². The molecule has 1 heteroatoms. The maximum absolute atomic E-state index is 2.39. The normalized spacial score (nSPS) is 12.9. The fraction of sp³-hybridized carbons (Fsp3) is 1.00. The smallest absolute Gasteiger partial charge is 0.0380 e. The summed E-state index contributed by atoms with van der Waals surface area (Å²) >= 11 is 0. The van der Waals surface area contributed by atoms with Gasteiger partial charge in [0.25, 0.3) is 0 Å². The molecule has 16 heavy (non-hydrogen) atoms. The van der Waals surface area contributed by atoms with Gasteiger partial charge in [-0.25, -0.2) is 0 Å². The van der Waals surface area contributed by atoms with E-state index in [0.29, 0.717) is 0 Å². The zero-order chi connectivity index (χ0) is 12.1. The first-order chi connectivity index (χ1) is 7.81. The fourth-order valence-corrected chi connectivity index (χ4v) is 3.36. The molecular weight excluding hydrogens is 208 g/mol. The van der Waals surface area contributed by atoms with Crippen molar-refractivity contribution in [1.82, 2.24) is 0 Å². The summed E-state index contributed by atoms with van der Waals surface area (Å²) in [6.45, 7) is 6.99. The van der Waals surface area contributed by atoms with Crippen molar-refractivity contribution in [3.05, 3.63) is 0 Å². The zero-order valence-corrected chi connectivity index (χ0v) is 12.9. The molecule has 0 spiro atoms. The first-order valence-corrected chi connectivity index (χ1v) is 8.93. The average Bonchev–Trinajstić information content (AvgIpc) is 2.31. The van der Waals surface area contributed by atoms with Crippen molar-refractivity contribution in [3.63, 3.8) is 0 Å². The largest absolute Gasteiger partial charge is 0.0654 e. The SMILES string of the molecule is CCCCCCCCCC[Si]C[C@H](C)CC. The van der Waals surface area contributed by atoms with Gasteiger partial charge in [0.1, 0.15) is 0 Å². The molecule has 1 atom stereocenters. The summed E-state index contributed by atoms with van der Waals surface area (Å²) in [6.07, 6.45) is 13.1. The van der Waals surface area contributed by atoms with Crippen LogP contribution in [-0.4, -0.2) is 9.52 Å². The summed E-state index contributed by atoms with van der Waals surface area (Å²) in [5.41, 5.74) is 0. The number of unbranched alkanes of at least 4 members (excludes halogenated alkanes) is 7. The van der Waals surface area contributed by atoms with Crippen molar-refractivity contribution in [2.75, 3.05) is 0 Å². The molecule has 2 radical (unpaired) electrons. The standard InChI is InChI=1S/C15H32Si/c1-4-6-7-8-9-10-11-12-13-16-14-15(3)5-2/h15H,4-14H2,1-3H3/t15-/m1/s1. The van der Waals surface area contributed by atoms with E-state index in [1.54, 1.807) is 0 Å². The van der Waals surface area contributed by atoms with Gasteiger partial charge in [0.2, 0.25) is 0 Å². The molecule has 0 saturated heterocycles. The molecule has 0 unspecified atom stereocenters. The van der Waals surface area contributed by atoms with E-state index < -0.39 is 0 Å². The van der Waals surface area contributed by atoms with E-state index in [-0.39, 0.29) is 0 Å². The molecule has 0 aliphatic heterocycles. The Morgan fingerprint density at radius 2 is 1.38 bits per heavy atom. The maximum Gasteiger partial charge on any atom is 0.0380 e. The van der Waals surface area contributed by atoms with Crippen molar-refractivity contribution >= 4 is 9.52 Å². The second-order valence-corrected chi connectivity index (χ2v) is 6.60. The Morgan fingerprint density at radius 3 is 1.94 bits per heavy atom. The lowest BCUT2D eigenvalue weighted by Gasteiger charge is -2.06. The van der Waals surface area contributed by atoms with Crippen LogP contribution in [0, 0.1) is 5.92 Å². The Hall–Kier alpha value is 0.217. The van der Waals surface area contributed by atoms with Crippen LogP contribution >= 0.6 is 0 Å². The van der Waals surface area contributed by atoms with Gasteiger partial charge < -0.3 is 0 Å². The van der Waals surface area contributed by atoms with Gasteiger partial charge in [-0.1, -0.05) is 90.6 Å². The van der Waals surface area contributed by atoms with E-state index in [1.807, 2.05) is 0 Å². The quantitative estimate of drug-likeness (QED) is 0.302. The van der Waals surface area contributed by atoms with Gasteiger partial charge in [0, 0.05) is 9.52 Å². The average molecular weight is 241 g/mol. The van der Waals surface area contributed by atoms with Crippen LogP contribution in [0.1, 0.15) is 78.6 Å². The van der Waals surface area contributed by atoms with Gasteiger partial charge in [-0.3, -0.25) is 0 Å². The van der Waals surface area contributed by atoms with Crippen LogP contribution < -0.4 is 0 Å². The molecule has 0 saturated carbocycles. The van der Waals surface area contributed by atoms with E-state index in [1.165, 1.54) is 79.4 Å². The third-order valence-electron chi connectivity index (χ3n) is 3.40. The van der Waals surface area contributed by atoms with Gasteiger partial charge in [-0.2, -0.15) is 0 Å². The lowest BCUT2D eigenvalue weighted by molar-refractivity contribution is 0.583. The van der Waals surface area contributed by atoms with Gasteiger partial charge in [0.05, 0.1) is 0 Å². The number of hydrogen-bond donors (Lipinski definition) is 0. The molecule has 0 heterocycles. The minimum Gasteiger partial charge on any atom is -0.0654 e. The van der Waals surface area contributed by atoms with E-state index in [2.05, 4.69) is 20.8 Å². The highest BCUT2D eigenvalue weighted by atomic mass is 28.2. The van der Waals surface area contributed by atoms with Gasteiger partial charge in [-0.05, 0) is 5.92 Å². The summed E-state index contributed by atoms with van der Waals surface area (Å²) in [7, 11) is 1.23. The van der Waals surface area contributed by atoms with Crippen molar-refractivity contribution < 1.29 is 0 Å². The molecule has 0 aromatic rings. The predicted octanol–water partition coefficient (Wildman–Crippen LogP) is 5.71. The van der Waals surface area contributed by atoms with Crippen molar-refractivity contribution in [1.29, 1.82) is 0 Å². The molecule has 0 nitrogen and oxygen atoms in total. The molecule has 0 N–H and O–H groups in total. The predicted molar refractivity (Wildman–Crippen MR) is 77.4 cm³/mol. The summed E-state index contributed by atoms with van der Waals surface area (Å²) in [5.74, 6) is 0.965. The second kappa shape index (κ2) is 13.3. The Labute approximate surface area is 106 Å². The van der Waals surface area contributed by atoms with Crippen LogP contribution in [0.15, 0.2) is 0 Å². The highest BCUT2D eigenvalue weighted by Gasteiger charge is 1.98. The lowest BCUT2D eigenvalue weighted by Crippen LogP contribution is -1.98. The molecule has 0 fully saturated rings. The first-order valence-electron chi connectivity index (χ1n) is 7.52. The van der Waals surface area contributed by atoms with E-state index >= 15 is 0 Å². The van der Waals surface area contributed by atoms with E-state index in [9.17, 15) is 0 Å². The molecule has 0 bridgehead atoms. The third kappa shape index (κ3) is 12.3. The van der Waals surface area contributed by atoms with Gasteiger partial charge >= 0.3 is 0 Å². The number of hydrogen-bond acceptors (Lipinski definition) is 0. The Balaban J connectivity index is 2.93. The van der Waals surface area contributed by atoms with Crippen LogP contribution in [0.5, 0.6) is 0 Å². The van der Waals surface area contributed by atoms with Crippen LogP contribution in [-0.2, 0) is 0 Å². The van der Waals surface area contributed by atoms with Crippen molar-refractivity contribution in [2.24, 2.45) is 5.92 Å². The highest BCUT2D eigenvalue weighted by Crippen LogP contribution is 2.12. The van der Waals surface area contributed by atoms with Crippen LogP contribution in [0.3, 0.4) is 0 Å². The van der Waals surface area contributed by atoms with Crippen molar-refractivity contribution in [3.8, 4) is 0 Å².